The third kappa shape index (κ3) is 1.52. The Bertz CT molecular complexity index is 600. The fourth-order valence-electron chi connectivity index (χ4n) is 1.17. The number of aromatic amines is 1. The molecular weight excluding hydrogens is 214 g/mol. The predicted molar refractivity (Wildman–Crippen MR) is 53.4 cm³/mol. The lowest BCUT2D eigenvalue weighted by Crippen LogP contribution is -2.16. The first-order valence-electron chi connectivity index (χ1n) is 4.22. The smallest absolute Gasteiger partial charge is 0.358 e. The second-order valence-corrected chi connectivity index (χ2v) is 2.92. The molecule has 0 saturated heterocycles. The molecular formula is C8H7N5O3. The Morgan fingerprint density at radius 2 is 2.31 bits per heavy atom. The molecule has 82 valence electrons. The number of hydrogen-bond acceptors (Lipinski definition) is 5. The van der Waals surface area contributed by atoms with Gasteiger partial charge in [-0.1, -0.05) is 0 Å². The van der Waals surface area contributed by atoms with E-state index in [0.717, 1.165) is 4.68 Å². The molecule has 0 radical (unpaired) electrons. The molecule has 16 heavy (non-hydrogen) atoms. The fourth-order valence-corrected chi connectivity index (χ4v) is 1.17. The van der Waals surface area contributed by atoms with Crippen molar-refractivity contribution >= 4 is 11.7 Å². The van der Waals surface area contributed by atoms with Crippen molar-refractivity contribution in [3.05, 3.63) is 34.6 Å². The Balaban J connectivity index is 2.59. The molecule has 0 amide bonds. The molecule has 2 aromatic heterocycles. The maximum absolute atomic E-state index is 11.3. The zero-order valence-electron chi connectivity index (χ0n) is 7.91. The van der Waals surface area contributed by atoms with Crippen LogP contribution in [0.5, 0.6) is 0 Å². The average Bonchev–Trinajstić information content (AvgIpc) is 2.61. The van der Waals surface area contributed by atoms with E-state index < -0.39 is 11.5 Å². The summed E-state index contributed by atoms with van der Waals surface area (Å²) < 4.78 is 1.03. The standard InChI is InChI=1S/C8H7N5O3/c9-4-3-13(12-5(4)8(15)16)6-7(14)11-2-1-10-6/h1-3H,9H2,(H,11,14)(H,15,16). The summed E-state index contributed by atoms with van der Waals surface area (Å²) >= 11 is 0. The molecule has 0 atom stereocenters. The average molecular weight is 221 g/mol. The van der Waals surface area contributed by atoms with Crippen LogP contribution in [0.15, 0.2) is 23.4 Å². The Hall–Kier alpha value is -2.64. The summed E-state index contributed by atoms with van der Waals surface area (Å²) in [5.74, 6) is -1.30. The first-order valence-corrected chi connectivity index (χ1v) is 4.22. The van der Waals surface area contributed by atoms with Gasteiger partial charge in [0.25, 0.3) is 5.56 Å². The van der Waals surface area contributed by atoms with Crippen LogP contribution in [0.3, 0.4) is 0 Å². The van der Waals surface area contributed by atoms with Crippen LogP contribution in [0.1, 0.15) is 10.5 Å². The number of nitrogens with one attached hydrogen (secondary N) is 1. The highest BCUT2D eigenvalue weighted by atomic mass is 16.4. The van der Waals surface area contributed by atoms with Crippen molar-refractivity contribution in [1.82, 2.24) is 19.7 Å². The molecule has 2 heterocycles. The van der Waals surface area contributed by atoms with E-state index in [-0.39, 0.29) is 17.2 Å². The third-order valence-corrected chi connectivity index (χ3v) is 1.85. The van der Waals surface area contributed by atoms with Crippen LogP contribution in [0, 0.1) is 0 Å². The van der Waals surface area contributed by atoms with Crippen LogP contribution in [-0.2, 0) is 0 Å². The highest BCUT2D eigenvalue weighted by Gasteiger charge is 2.15. The molecule has 4 N–H and O–H groups in total. The van der Waals surface area contributed by atoms with Gasteiger partial charge in [-0.2, -0.15) is 5.10 Å². The van der Waals surface area contributed by atoms with E-state index in [1.54, 1.807) is 0 Å². The number of carboxylic acid groups (broad SMARTS) is 1. The number of aromatic nitrogens is 4. The van der Waals surface area contributed by atoms with E-state index in [9.17, 15) is 9.59 Å². The third-order valence-electron chi connectivity index (χ3n) is 1.85. The quantitative estimate of drug-likeness (QED) is 0.611. The summed E-state index contributed by atoms with van der Waals surface area (Å²) in [6, 6.07) is 0. The number of hydrogen-bond donors (Lipinski definition) is 3. The Morgan fingerprint density at radius 1 is 1.56 bits per heavy atom. The molecule has 8 nitrogen and oxygen atoms in total. The molecule has 8 heteroatoms. The summed E-state index contributed by atoms with van der Waals surface area (Å²) in [5, 5.41) is 12.4. The number of H-pyrrole nitrogens is 1. The van der Waals surface area contributed by atoms with Crippen molar-refractivity contribution in [2.24, 2.45) is 0 Å². The lowest BCUT2D eigenvalue weighted by Gasteiger charge is -1.96. The van der Waals surface area contributed by atoms with Gasteiger partial charge in [0.2, 0.25) is 5.82 Å². The zero-order valence-corrected chi connectivity index (χ0v) is 7.91. The van der Waals surface area contributed by atoms with Gasteiger partial charge in [0, 0.05) is 12.4 Å². The maximum Gasteiger partial charge on any atom is 0.358 e. The number of carboxylic acids is 1. The van der Waals surface area contributed by atoms with Gasteiger partial charge in [-0.25, -0.2) is 14.5 Å². The molecule has 2 aromatic rings. The van der Waals surface area contributed by atoms with Crippen LogP contribution < -0.4 is 11.3 Å². The fraction of sp³-hybridized carbons (Fsp3) is 0. The number of aromatic carboxylic acids is 1. The molecule has 0 saturated carbocycles. The number of nitrogens with zero attached hydrogens (tertiary/aromatic N) is 3. The first-order chi connectivity index (χ1) is 7.59. The van der Waals surface area contributed by atoms with E-state index in [0.29, 0.717) is 0 Å². The van der Waals surface area contributed by atoms with Gasteiger partial charge in [-0.15, -0.1) is 0 Å². The second-order valence-electron chi connectivity index (χ2n) is 2.92. The lowest BCUT2D eigenvalue weighted by molar-refractivity contribution is 0.0691. The Morgan fingerprint density at radius 3 is 2.88 bits per heavy atom. The van der Waals surface area contributed by atoms with Crippen molar-refractivity contribution in [2.45, 2.75) is 0 Å². The summed E-state index contributed by atoms with van der Waals surface area (Å²) in [4.78, 5) is 28.2. The van der Waals surface area contributed by atoms with Crippen molar-refractivity contribution in [2.75, 3.05) is 5.73 Å². The number of nitrogen functional groups attached to an aromatic ring is 1. The summed E-state index contributed by atoms with van der Waals surface area (Å²) in [5.41, 5.74) is 4.60. The minimum Gasteiger partial charge on any atom is -0.476 e. The van der Waals surface area contributed by atoms with Gasteiger partial charge < -0.3 is 15.8 Å². The predicted octanol–water partition coefficient (Wildman–Crippen LogP) is -0.764. The SMILES string of the molecule is Nc1cn(-c2ncc[nH]c2=O)nc1C(=O)O. The van der Waals surface area contributed by atoms with E-state index in [2.05, 4.69) is 15.1 Å². The number of nitrogens with two attached hydrogens (primary N) is 1. The molecule has 0 bridgehead atoms. The second kappa shape index (κ2) is 3.50. The van der Waals surface area contributed by atoms with Crippen LogP contribution in [0.2, 0.25) is 0 Å². The summed E-state index contributed by atoms with van der Waals surface area (Å²) in [7, 11) is 0. The summed E-state index contributed by atoms with van der Waals surface area (Å²) in [6.45, 7) is 0. The Labute approximate surface area is 88.4 Å². The van der Waals surface area contributed by atoms with Crippen LogP contribution in [-0.4, -0.2) is 30.8 Å². The molecule has 0 spiro atoms. The van der Waals surface area contributed by atoms with Gasteiger partial charge in [0.15, 0.2) is 5.69 Å². The molecule has 0 aromatic carbocycles. The molecule has 0 aliphatic carbocycles. The van der Waals surface area contributed by atoms with E-state index in [1.807, 2.05) is 0 Å². The zero-order chi connectivity index (χ0) is 11.7. The van der Waals surface area contributed by atoms with E-state index in [1.165, 1.54) is 18.6 Å². The Kier molecular flexibility index (Phi) is 2.16. The minimum absolute atomic E-state index is 0.0300. The van der Waals surface area contributed by atoms with Crippen LogP contribution in [0.4, 0.5) is 5.69 Å². The van der Waals surface area contributed by atoms with E-state index in [4.69, 9.17) is 10.8 Å². The van der Waals surface area contributed by atoms with Gasteiger partial charge in [-0.05, 0) is 0 Å². The van der Waals surface area contributed by atoms with Gasteiger partial charge >= 0.3 is 5.97 Å². The van der Waals surface area contributed by atoms with Crippen molar-refractivity contribution < 1.29 is 9.90 Å². The molecule has 2 rings (SSSR count). The monoisotopic (exact) mass is 221 g/mol. The van der Waals surface area contributed by atoms with Crippen molar-refractivity contribution in [3.8, 4) is 5.82 Å². The van der Waals surface area contributed by atoms with Crippen LogP contribution >= 0.6 is 0 Å². The minimum atomic E-state index is -1.26. The van der Waals surface area contributed by atoms with Crippen LogP contribution in [0.25, 0.3) is 5.82 Å². The number of carbonyl (C=O) groups is 1. The first kappa shape index (κ1) is 9.90. The lowest BCUT2D eigenvalue weighted by atomic mass is 10.4. The number of anilines is 1. The van der Waals surface area contributed by atoms with Crippen molar-refractivity contribution in [1.29, 1.82) is 0 Å². The van der Waals surface area contributed by atoms with Gasteiger partial charge in [-0.3, -0.25) is 4.79 Å². The van der Waals surface area contributed by atoms with Gasteiger partial charge in [0.05, 0.1) is 11.9 Å². The summed E-state index contributed by atoms with van der Waals surface area (Å²) in [6.07, 6.45) is 3.94. The topological polar surface area (TPSA) is 127 Å². The molecule has 0 aliphatic rings. The highest BCUT2D eigenvalue weighted by Crippen LogP contribution is 2.10. The van der Waals surface area contributed by atoms with E-state index >= 15 is 0 Å². The van der Waals surface area contributed by atoms with Gasteiger partial charge in [0.1, 0.15) is 0 Å². The molecule has 0 aliphatic heterocycles. The molecule has 0 fully saturated rings. The maximum atomic E-state index is 11.3. The normalized spacial score (nSPS) is 10.2. The van der Waals surface area contributed by atoms with Crippen molar-refractivity contribution in [3.63, 3.8) is 0 Å². The number of rotatable bonds is 2. The highest BCUT2D eigenvalue weighted by molar-refractivity contribution is 5.91. The largest absolute Gasteiger partial charge is 0.476 e. The molecule has 0 unspecified atom stereocenters.